The molecule has 21 heavy (non-hydrogen) atoms. The highest BCUT2D eigenvalue weighted by molar-refractivity contribution is 7.80. The van der Waals surface area contributed by atoms with Crippen LogP contribution in [0.15, 0.2) is 30.3 Å². The third-order valence-corrected chi connectivity index (χ3v) is 3.06. The lowest BCUT2D eigenvalue weighted by atomic mass is 10.2. The van der Waals surface area contributed by atoms with Crippen LogP contribution in [0.25, 0.3) is 0 Å². The Kier molecular flexibility index (Phi) is 4.49. The molecule has 8 heteroatoms. The molecule has 2 aromatic rings. The van der Waals surface area contributed by atoms with Gasteiger partial charge in [0.25, 0.3) is 0 Å². The van der Waals surface area contributed by atoms with E-state index in [2.05, 4.69) is 5.32 Å². The Labute approximate surface area is 121 Å². The smallest absolute Gasteiger partial charge is 0.184 e. The minimum atomic E-state index is -2.73. The van der Waals surface area contributed by atoms with Crippen LogP contribution in [0.2, 0.25) is 0 Å². The molecule has 0 spiro atoms. The first-order valence-electron chi connectivity index (χ1n) is 5.75. The number of nitrogens with one attached hydrogen (secondary N) is 2. The summed E-state index contributed by atoms with van der Waals surface area (Å²) >= 11 is -2.73. The minimum absolute atomic E-state index is 0.107. The van der Waals surface area contributed by atoms with Gasteiger partial charge in [0.1, 0.15) is 11.5 Å². The van der Waals surface area contributed by atoms with Gasteiger partial charge in [-0.05, 0) is 36.8 Å². The first kappa shape index (κ1) is 15.3. The highest BCUT2D eigenvalue weighted by atomic mass is 32.2. The van der Waals surface area contributed by atoms with Gasteiger partial charge in [0, 0.05) is 11.3 Å². The summed E-state index contributed by atoms with van der Waals surface area (Å²) in [4.78, 5) is 0. The van der Waals surface area contributed by atoms with E-state index < -0.39 is 34.4 Å². The van der Waals surface area contributed by atoms with Gasteiger partial charge in [0.15, 0.2) is 11.6 Å². The fourth-order valence-electron chi connectivity index (χ4n) is 1.70. The summed E-state index contributed by atoms with van der Waals surface area (Å²) in [5, 5.41) is 2.36. The molecule has 1 unspecified atom stereocenters. The second-order valence-corrected chi connectivity index (χ2v) is 4.90. The van der Waals surface area contributed by atoms with Crippen molar-refractivity contribution >= 4 is 28.3 Å². The lowest BCUT2D eigenvalue weighted by molar-refractivity contribution is 0.512. The number of rotatable bonds is 4. The average molecular weight is 315 g/mol. The number of hydrogen-bond acceptors (Lipinski definition) is 3. The van der Waals surface area contributed by atoms with E-state index in [9.17, 15) is 21.9 Å². The summed E-state index contributed by atoms with van der Waals surface area (Å²) in [7, 11) is 0. The molecule has 0 aliphatic carbocycles. The summed E-state index contributed by atoms with van der Waals surface area (Å²) in [5.41, 5.74) is -0.189. The zero-order valence-corrected chi connectivity index (χ0v) is 11.6. The second-order valence-electron chi connectivity index (χ2n) is 4.23. The molecule has 0 fully saturated rings. The highest BCUT2D eigenvalue weighted by Gasteiger charge is 2.15. The van der Waals surface area contributed by atoms with Crippen molar-refractivity contribution in [2.45, 2.75) is 6.92 Å². The number of halogens is 3. The van der Waals surface area contributed by atoms with Crippen LogP contribution in [0, 0.1) is 24.4 Å². The molecule has 0 heterocycles. The lowest BCUT2D eigenvalue weighted by Gasteiger charge is -2.16. The van der Waals surface area contributed by atoms with Crippen LogP contribution >= 0.6 is 0 Å². The Morgan fingerprint density at radius 3 is 2.33 bits per heavy atom. The Balaban J connectivity index is 2.46. The van der Waals surface area contributed by atoms with Crippen molar-refractivity contribution in [2.75, 3.05) is 10.0 Å². The summed E-state index contributed by atoms with van der Waals surface area (Å²) in [6.45, 7) is 1.67. The van der Waals surface area contributed by atoms with Gasteiger partial charge in [-0.2, -0.15) is 0 Å². The van der Waals surface area contributed by atoms with Gasteiger partial charge in [-0.3, -0.25) is 4.21 Å². The molecule has 2 aromatic carbocycles. The van der Waals surface area contributed by atoms with Crippen LogP contribution in [0.1, 0.15) is 5.56 Å². The molecule has 4 nitrogen and oxygen atoms in total. The number of hydrogen-bond donors (Lipinski definition) is 2. The van der Waals surface area contributed by atoms with E-state index in [-0.39, 0.29) is 11.4 Å². The highest BCUT2D eigenvalue weighted by Crippen LogP contribution is 2.31. The zero-order valence-electron chi connectivity index (χ0n) is 10.7. The maximum atomic E-state index is 13.8. The van der Waals surface area contributed by atoms with Gasteiger partial charge in [-0.15, -0.1) is 0 Å². The number of anilines is 3. The molecule has 2 N–H and O–H groups in total. The van der Waals surface area contributed by atoms with E-state index in [4.69, 9.17) is 0 Å². The molecule has 0 aliphatic rings. The molecule has 0 aliphatic heterocycles. The predicted molar refractivity (Wildman–Crippen MR) is 73.3 cm³/mol. The Bertz CT molecular complexity index is 710. The first-order valence-corrected chi connectivity index (χ1v) is 6.83. The Morgan fingerprint density at radius 2 is 1.71 bits per heavy atom. The van der Waals surface area contributed by atoms with Gasteiger partial charge >= 0.3 is 0 Å². The lowest BCUT2D eigenvalue weighted by Crippen LogP contribution is -2.08. The van der Waals surface area contributed by atoms with Crippen LogP contribution in [0.3, 0.4) is 0 Å². The van der Waals surface area contributed by atoms with Gasteiger partial charge in [0.2, 0.25) is 0 Å². The van der Waals surface area contributed by atoms with Gasteiger partial charge in [0.05, 0.1) is 11.4 Å². The molecule has 0 amide bonds. The normalized spacial score (nSPS) is 12.0. The van der Waals surface area contributed by atoms with Crippen molar-refractivity contribution in [1.82, 2.24) is 0 Å². The number of benzene rings is 2. The third kappa shape index (κ3) is 3.53. The molecule has 112 valence electrons. The average Bonchev–Trinajstić information content (AvgIpc) is 2.40. The van der Waals surface area contributed by atoms with E-state index in [0.717, 1.165) is 12.1 Å². The summed E-state index contributed by atoms with van der Waals surface area (Å²) in [6.07, 6.45) is 0. The molecule has 0 saturated carbocycles. The fourth-order valence-corrected chi connectivity index (χ4v) is 2.05. The predicted octanol–water partition coefficient (Wildman–Crippen LogP) is 3.36. The third-order valence-electron chi connectivity index (χ3n) is 2.67. The molecular formula is C13H10F3N2O2S-. The van der Waals surface area contributed by atoms with E-state index in [1.807, 2.05) is 4.72 Å². The van der Waals surface area contributed by atoms with Crippen LogP contribution in [-0.4, -0.2) is 8.76 Å². The van der Waals surface area contributed by atoms with E-state index >= 15 is 0 Å². The summed E-state index contributed by atoms with van der Waals surface area (Å²) < 4.78 is 64.0. The fraction of sp³-hybridized carbons (Fsp3) is 0.0769. The molecule has 1 atom stereocenters. The molecular weight excluding hydrogens is 305 g/mol. The quantitative estimate of drug-likeness (QED) is 0.850. The number of aryl methyl sites for hydroxylation is 1. The van der Waals surface area contributed by atoms with Gasteiger partial charge in [-0.1, -0.05) is 6.07 Å². The molecule has 2 rings (SSSR count). The molecule has 0 aromatic heterocycles. The van der Waals surface area contributed by atoms with Crippen LogP contribution < -0.4 is 10.0 Å². The van der Waals surface area contributed by atoms with Crippen molar-refractivity contribution in [1.29, 1.82) is 0 Å². The molecule has 0 saturated heterocycles. The van der Waals surface area contributed by atoms with E-state index in [1.165, 1.54) is 12.1 Å². The van der Waals surface area contributed by atoms with Crippen LogP contribution in [-0.2, 0) is 11.3 Å². The maximum Gasteiger partial charge on any atom is 0.184 e. The SMILES string of the molecule is Cc1ccc(Nc2c(NS(=O)[O-])ccc(F)c2F)c(F)c1. The van der Waals surface area contributed by atoms with Crippen LogP contribution in [0.4, 0.5) is 30.2 Å². The van der Waals surface area contributed by atoms with Crippen molar-refractivity contribution < 1.29 is 21.9 Å². The summed E-state index contributed by atoms with van der Waals surface area (Å²) in [5.74, 6) is -3.18. The molecule has 0 radical (unpaired) electrons. The Morgan fingerprint density at radius 1 is 1.05 bits per heavy atom. The van der Waals surface area contributed by atoms with Gasteiger partial charge < -0.3 is 14.6 Å². The Hall–Kier alpha value is -2.06. The van der Waals surface area contributed by atoms with Crippen molar-refractivity contribution in [2.24, 2.45) is 0 Å². The van der Waals surface area contributed by atoms with Crippen LogP contribution in [0.5, 0.6) is 0 Å². The second kappa shape index (κ2) is 6.15. The van der Waals surface area contributed by atoms with Crippen molar-refractivity contribution in [3.05, 3.63) is 53.3 Å². The minimum Gasteiger partial charge on any atom is -0.755 e. The van der Waals surface area contributed by atoms with Crippen molar-refractivity contribution in [3.63, 3.8) is 0 Å². The standard InChI is InChI=1S/C13H11F3N2O2S/c1-7-2-4-10(9(15)6-7)17-13-11(18-21(19)20)5-3-8(14)12(13)16/h2-6,17-18H,1H3,(H,19,20)/p-1. The summed E-state index contributed by atoms with van der Waals surface area (Å²) in [6, 6.07) is 5.91. The van der Waals surface area contributed by atoms with Crippen molar-refractivity contribution in [3.8, 4) is 0 Å². The maximum absolute atomic E-state index is 13.8. The topological polar surface area (TPSA) is 64.2 Å². The zero-order chi connectivity index (χ0) is 15.6. The monoisotopic (exact) mass is 315 g/mol. The molecule has 0 bridgehead atoms. The largest absolute Gasteiger partial charge is 0.755 e. The van der Waals surface area contributed by atoms with E-state index in [0.29, 0.717) is 5.56 Å². The first-order chi connectivity index (χ1) is 9.88. The van der Waals surface area contributed by atoms with Gasteiger partial charge in [-0.25, -0.2) is 13.2 Å². The van der Waals surface area contributed by atoms with E-state index in [1.54, 1.807) is 13.0 Å².